The van der Waals surface area contributed by atoms with Crippen molar-refractivity contribution in [2.24, 2.45) is 13.0 Å². The summed E-state index contributed by atoms with van der Waals surface area (Å²) in [5, 5.41) is 9.64. The third-order valence-electron chi connectivity index (χ3n) is 4.43. The van der Waals surface area contributed by atoms with Crippen molar-refractivity contribution in [3.8, 4) is 17.1 Å². The van der Waals surface area contributed by atoms with Crippen molar-refractivity contribution in [2.75, 3.05) is 39.1 Å². The molecule has 2 aromatic rings. The summed E-state index contributed by atoms with van der Waals surface area (Å²) in [5.74, 6) is 3.19. The molecule has 1 atom stereocenters. The Morgan fingerprint density at radius 1 is 1.31 bits per heavy atom. The minimum Gasteiger partial charge on any atom is -0.496 e. The molecule has 2 heterocycles. The van der Waals surface area contributed by atoms with Crippen LogP contribution >= 0.6 is 11.8 Å². The van der Waals surface area contributed by atoms with Gasteiger partial charge in [0.2, 0.25) is 0 Å². The molecule has 1 aliphatic rings. The second-order valence-electron chi connectivity index (χ2n) is 7.02. The number of para-hydroxylation sites is 1. The van der Waals surface area contributed by atoms with Gasteiger partial charge in [-0.3, -0.25) is 4.90 Å². The largest absolute Gasteiger partial charge is 0.496 e. The van der Waals surface area contributed by atoms with Gasteiger partial charge in [-0.15, -0.1) is 10.2 Å². The average Bonchev–Trinajstić information content (AvgIpc) is 3.00. The fraction of sp³-hybridized carbons (Fsp3) is 0.579. The number of methoxy groups -OCH3 is 1. The zero-order valence-corrected chi connectivity index (χ0v) is 16.8. The van der Waals surface area contributed by atoms with Crippen molar-refractivity contribution < 1.29 is 9.47 Å². The van der Waals surface area contributed by atoms with E-state index in [-0.39, 0.29) is 6.10 Å². The maximum Gasteiger partial charge on any atom is 0.191 e. The van der Waals surface area contributed by atoms with E-state index in [1.165, 1.54) is 0 Å². The van der Waals surface area contributed by atoms with Crippen molar-refractivity contribution in [1.29, 1.82) is 0 Å². The van der Waals surface area contributed by atoms with Crippen LogP contribution in [0, 0.1) is 5.92 Å². The second kappa shape index (κ2) is 8.88. The number of nitrogens with zero attached hydrogens (tertiary/aromatic N) is 4. The normalized spacial score (nSPS) is 18.4. The Kier molecular flexibility index (Phi) is 6.56. The lowest BCUT2D eigenvalue weighted by molar-refractivity contribution is -0.0191. The Morgan fingerprint density at radius 2 is 2.12 bits per heavy atom. The lowest BCUT2D eigenvalue weighted by Crippen LogP contribution is -2.44. The van der Waals surface area contributed by atoms with Crippen LogP contribution in [0.3, 0.4) is 0 Å². The van der Waals surface area contributed by atoms with Gasteiger partial charge in [-0.25, -0.2) is 0 Å². The van der Waals surface area contributed by atoms with Crippen molar-refractivity contribution in [2.45, 2.75) is 25.1 Å². The van der Waals surface area contributed by atoms with E-state index in [0.29, 0.717) is 5.92 Å². The molecule has 0 spiro atoms. The molecule has 1 saturated heterocycles. The maximum absolute atomic E-state index is 5.94. The van der Waals surface area contributed by atoms with Gasteiger partial charge < -0.3 is 14.0 Å². The van der Waals surface area contributed by atoms with E-state index >= 15 is 0 Å². The molecular formula is C19H28N4O2S. The minimum absolute atomic E-state index is 0.235. The molecular weight excluding hydrogens is 348 g/mol. The molecule has 1 aliphatic heterocycles. The van der Waals surface area contributed by atoms with Gasteiger partial charge in [-0.1, -0.05) is 37.7 Å². The fourth-order valence-corrected chi connectivity index (χ4v) is 4.15. The van der Waals surface area contributed by atoms with Crippen LogP contribution in [0.15, 0.2) is 29.4 Å². The summed E-state index contributed by atoms with van der Waals surface area (Å²) in [4.78, 5) is 2.50. The predicted octanol–water partition coefficient (Wildman–Crippen LogP) is 2.94. The summed E-state index contributed by atoms with van der Waals surface area (Å²) in [6.45, 7) is 8.48. The van der Waals surface area contributed by atoms with E-state index in [1.54, 1.807) is 18.9 Å². The molecule has 0 amide bonds. The Hall–Kier alpha value is -1.57. The minimum atomic E-state index is 0.235. The fourth-order valence-electron chi connectivity index (χ4n) is 3.24. The highest BCUT2D eigenvalue weighted by molar-refractivity contribution is 7.99. The number of thioether (sulfide) groups is 1. The van der Waals surface area contributed by atoms with Crippen molar-refractivity contribution >= 4 is 11.8 Å². The zero-order valence-electron chi connectivity index (χ0n) is 16.0. The van der Waals surface area contributed by atoms with Gasteiger partial charge in [-0.05, 0) is 18.1 Å². The topological polar surface area (TPSA) is 52.4 Å². The number of benzene rings is 1. The van der Waals surface area contributed by atoms with Crippen molar-refractivity contribution in [3.05, 3.63) is 24.3 Å². The van der Waals surface area contributed by atoms with E-state index < -0.39 is 0 Å². The lowest BCUT2D eigenvalue weighted by atomic mass is 10.2. The van der Waals surface area contributed by atoms with Gasteiger partial charge in [0.25, 0.3) is 0 Å². The SMILES string of the molecule is COc1ccccc1-c1nnc(SCC2CN(CC(C)C)CCO2)n1C. The predicted molar refractivity (Wildman–Crippen MR) is 105 cm³/mol. The molecule has 0 aliphatic carbocycles. The first-order valence-electron chi connectivity index (χ1n) is 9.08. The first-order valence-corrected chi connectivity index (χ1v) is 10.1. The number of hydrogen-bond donors (Lipinski definition) is 0. The van der Waals surface area contributed by atoms with Crippen LogP contribution in [0.25, 0.3) is 11.4 Å². The highest BCUT2D eigenvalue weighted by Gasteiger charge is 2.22. The van der Waals surface area contributed by atoms with Gasteiger partial charge in [0.05, 0.1) is 25.4 Å². The molecule has 0 bridgehead atoms. The molecule has 0 N–H and O–H groups in total. The summed E-state index contributed by atoms with van der Waals surface area (Å²) in [6, 6.07) is 7.89. The molecule has 26 heavy (non-hydrogen) atoms. The summed E-state index contributed by atoms with van der Waals surface area (Å²) in [5.41, 5.74) is 0.953. The monoisotopic (exact) mass is 376 g/mol. The van der Waals surface area contributed by atoms with Gasteiger partial charge in [0, 0.05) is 32.4 Å². The van der Waals surface area contributed by atoms with Crippen LogP contribution in [0.1, 0.15) is 13.8 Å². The molecule has 0 saturated carbocycles. The van der Waals surface area contributed by atoms with Crippen LogP contribution in [-0.2, 0) is 11.8 Å². The Balaban J connectivity index is 1.64. The number of hydrogen-bond acceptors (Lipinski definition) is 6. The highest BCUT2D eigenvalue weighted by Crippen LogP contribution is 2.30. The molecule has 1 unspecified atom stereocenters. The standard InChI is InChI=1S/C19H28N4O2S/c1-14(2)11-23-9-10-25-15(12-23)13-26-19-21-20-18(22(19)3)16-7-5-6-8-17(16)24-4/h5-8,14-15H,9-13H2,1-4H3. The molecule has 3 rings (SSSR count). The van der Waals surface area contributed by atoms with Gasteiger partial charge in [-0.2, -0.15) is 0 Å². The van der Waals surface area contributed by atoms with Crippen LogP contribution < -0.4 is 4.74 Å². The first-order chi connectivity index (χ1) is 12.6. The van der Waals surface area contributed by atoms with Gasteiger partial charge in [0.1, 0.15) is 5.75 Å². The summed E-state index contributed by atoms with van der Waals surface area (Å²) >= 11 is 1.70. The molecule has 6 nitrogen and oxygen atoms in total. The lowest BCUT2D eigenvalue weighted by Gasteiger charge is -2.33. The van der Waals surface area contributed by atoms with Crippen LogP contribution in [0.4, 0.5) is 0 Å². The summed E-state index contributed by atoms with van der Waals surface area (Å²) in [7, 11) is 3.67. The zero-order chi connectivity index (χ0) is 18.5. The Bertz CT molecular complexity index is 719. The van der Waals surface area contributed by atoms with E-state index in [4.69, 9.17) is 9.47 Å². The van der Waals surface area contributed by atoms with Crippen LogP contribution in [-0.4, -0.2) is 64.9 Å². The van der Waals surface area contributed by atoms with Crippen LogP contribution in [0.2, 0.25) is 0 Å². The van der Waals surface area contributed by atoms with Crippen LogP contribution in [0.5, 0.6) is 5.75 Å². The summed E-state index contributed by atoms with van der Waals surface area (Å²) < 4.78 is 13.4. The third kappa shape index (κ3) is 4.58. The Morgan fingerprint density at radius 3 is 2.88 bits per heavy atom. The van der Waals surface area contributed by atoms with Gasteiger partial charge in [0.15, 0.2) is 11.0 Å². The Labute approximate surface area is 159 Å². The number of rotatable bonds is 7. The third-order valence-corrected chi connectivity index (χ3v) is 5.58. The summed E-state index contributed by atoms with van der Waals surface area (Å²) in [6.07, 6.45) is 0.235. The number of ether oxygens (including phenoxy) is 2. The quantitative estimate of drug-likeness (QED) is 0.693. The van der Waals surface area contributed by atoms with Crippen molar-refractivity contribution in [3.63, 3.8) is 0 Å². The van der Waals surface area contributed by atoms with Gasteiger partial charge >= 0.3 is 0 Å². The molecule has 0 radical (unpaired) electrons. The highest BCUT2D eigenvalue weighted by atomic mass is 32.2. The molecule has 142 valence electrons. The first kappa shape index (κ1) is 19.2. The smallest absolute Gasteiger partial charge is 0.191 e. The maximum atomic E-state index is 5.94. The van der Waals surface area contributed by atoms with E-state index in [0.717, 1.165) is 54.3 Å². The van der Waals surface area contributed by atoms with Crippen molar-refractivity contribution in [1.82, 2.24) is 19.7 Å². The van der Waals surface area contributed by atoms with E-state index in [1.807, 2.05) is 35.9 Å². The van der Waals surface area contributed by atoms with E-state index in [2.05, 4.69) is 28.9 Å². The molecule has 1 aromatic carbocycles. The number of morpholine rings is 1. The second-order valence-corrected chi connectivity index (χ2v) is 8.01. The molecule has 1 aromatic heterocycles. The average molecular weight is 377 g/mol. The van der Waals surface area contributed by atoms with E-state index in [9.17, 15) is 0 Å². The molecule has 7 heteroatoms. The number of aromatic nitrogens is 3. The molecule has 1 fully saturated rings.